The molecule has 2 fully saturated rings. The van der Waals surface area contributed by atoms with Crippen LogP contribution >= 0.6 is 0 Å². The number of nitrogens with one attached hydrogen (secondary N) is 1. The lowest BCUT2D eigenvalue weighted by Crippen LogP contribution is -2.43. The van der Waals surface area contributed by atoms with E-state index in [-0.39, 0.29) is 6.10 Å². The van der Waals surface area contributed by atoms with Gasteiger partial charge in [-0.3, -0.25) is 0 Å². The summed E-state index contributed by atoms with van der Waals surface area (Å²) in [6.45, 7) is 5.89. The minimum absolute atomic E-state index is 0.000373. The van der Waals surface area contributed by atoms with Gasteiger partial charge in [0, 0.05) is 6.04 Å². The van der Waals surface area contributed by atoms with Gasteiger partial charge in [0.15, 0.2) is 0 Å². The molecular formula is C13H25NO. The van der Waals surface area contributed by atoms with Gasteiger partial charge in [-0.25, -0.2) is 0 Å². The van der Waals surface area contributed by atoms with Crippen molar-refractivity contribution < 1.29 is 5.11 Å². The zero-order valence-corrected chi connectivity index (χ0v) is 10.1. The molecule has 2 rings (SSSR count). The first-order valence-corrected chi connectivity index (χ1v) is 6.47. The monoisotopic (exact) mass is 211 g/mol. The second-order valence-corrected chi connectivity index (χ2v) is 6.36. The number of hydrogen-bond acceptors (Lipinski definition) is 2. The van der Waals surface area contributed by atoms with Crippen LogP contribution in [0, 0.1) is 11.3 Å². The van der Waals surface area contributed by atoms with Crippen molar-refractivity contribution in [3.8, 4) is 0 Å². The highest BCUT2D eigenvalue weighted by atomic mass is 16.3. The second kappa shape index (κ2) is 4.42. The van der Waals surface area contributed by atoms with Crippen molar-refractivity contribution in [1.82, 2.24) is 5.32 Å². The molecule has 1 atom stereocenters. The summed E-state index contributed by atoms with van der Waals surface area (Å²) in [5, 5.41) is 12.9. The van der Waals surface area contributed by atoms with Crippen LogP contribution < -0.4 is 5.32 Å². The molecule has 2 aliphatic carbocycles. The lowest BCUT2D eigenvalue weighted by atomic mass is 9.75. The molecule has 0 aromatic heterocycles. The van der Waals surface area contributed by atoms with Gasteiger partial charge in [-0.2, -0.15) is 0 Å². The maximum Gasteiger partial charge on any atom is 0.0546 e. The van der Waals surface area contributed by atoms with Crippen molar-refractivity contribution in [2.75, 3.05) is 6.54 Å². The summed E-state index contributed by atoms with van der Waals surface area (Å²) in [5.74, 6) is 0.741. The fourth-order valence-corrected chi connectivity index (χ4v) is 3.07. The van der Waals surface area contributed by atoms with Crippen molar-refractivity contribution in [2.45, 2.75) is 64.5 Å². The number of hydrogen-bond donors (Lipinski definition) is 2. The van der Waals surface area contributed by atoms with E-state index < -0.39 is 0 Å². The molecular weight excluding hydrogens is 186 g/mol. The summed E-state index contributed by atoms with van der Waals surface area (Å²) in [6, 6.07) is 0.728. The molecule has 1 unspecified atom stereocenters. The topological polar surface area (TPSA) is 32.3 Å². The Morgan fingerprint density at radius 1 is 1.33 bits per heavy atom. The Morgan fingerprint density at radius 3 is 2.67 bits per heavy atom. The van der Waals surface area contributed by atoms with E-state index in [4.69, 9.17) is 0 Å². The second-order valence-electron chi connectivity index (χ2n) is 6.36. The molecule has 2 aliphatic rings. The van der Waals surface area contributed by atoms with Crippen molar-refractivity contribution in [2.24, 2.45) is 11.3 Å². The molecule has 0 heterocycles. The molecule has 0 saturated heterocycles. The first kappa shape index (κ1) is 11.4. The third-order valence-corrected chi connectivity index (χ3v) is 4.11. The standard InChI is InChI=1S/C13H25NO/c1-13(2)5-3-4-11(8-13)14-9-10-6-12(15)7-10/h10-12,14-15H,3-9H2,1-2H3. The van der Waals surface area contributed by atoms with Crippen molar-refractivity contribution in [3.05, 3.63) is 0 Å². The summed E-state index contributed by atoms with van der Waals surface area (Å²) in [7, 11) is 0. The first-order valence-electron chi connectivity index (χ1n) is 6.47. The van der Waals surface area contributed by atoms with Crippen LogP contribution in [0.25, 0.3) is 0 Å². The molecule has 0 aliphatic heterocycles. The predicted molar refractivity (Wildman–Crippen MR) is 62.8 cm³/mol. The Hall–Kier alpha value is -0.0800. The van der Waals surface area contributed by atoms with Gasteiger partial charge in [0.2, 0.25) is 0 Å². The SMILES string of the molecule is CC1(C)CCCC(NCC2CC(O)C2)C1. The molecule has 2 saturated carbocycles. The van der Waals surface area contributed by atoms with Crippen LogP contribution in [-0.4, -0.2) is 23.8 Å². The van der Waals surface area contributed by atoms with Crippen LogP contribution in [0.1, 0.15) is 52.4 Å². The zero-order chi connectivity index (χ0) is 10.9. The minimum atomic E-state index is -0.000373. The van der Waals surface area contributed by atoms with Gasteiger partial charge in [-0.15, -0.1) is 0 Å². The van der Waals surface area contributed by atoms with Gasteiger partial charge in [0.1, 0.15) is 0 Å². The van der Waals surface area contributed by atoms with Gasteiger partial charge in [0.25, 0.3) is 0 Å². The third kappa shape index (κ3) is 3.18. The predicted octanol–water partition coefficient (Wildman–Crippen LogP) is 2.32. The molecule has 0 amide bonds. The number of aliphatic hydroxyl groups is 1. The Bertz CT molecular complexity index is 209. The molecule has 0 bridgehead atoms. The van der Waals surface area contributed by atoms with E-state index in [0.29, 0.717) is 5.41 Å². The quantitative estimate of drug-likeness (QED) is 0.751. The molecule has 2 heteroatoms. The molecule has 0 aromatic rings. The van der Waals surface area contributed by atoms with Gasteiger partial charge in [0.05, 0.1) is 6.10 Å². The molecule has 0 spiro atoms. The highest BCUT2D eigenvalue weighted by molar-refractivity contribution is 4.86. The molecule has 0 radical (unpaired) electrons. The highest BCUT2D eigenvalue weighted by Gasteiger charge is 2.30. The van der Waals surface area contributed by atoms with Crippen molar-refractivity contribution in [1.29, 1.82) is 0 Å². The largest absolute Gasteiger partial charge is 0.393 e. The van der Waals surface area contributed by atoms with Crippen molar-refractivity contribution in [3.63, 3.8) is 0 Å². The molecule has 2 N–H and O–H groups in total. The molecule has 0 aromatic carbocycles. The summed E-state index contributed by atoms with van der Waals surface area (Å²) >= 11 is 0. The van der Waals surface area contributed by atoms with Crippen LogP contribution in [0.4, 0.5) is 0 Å². The normalized spacial score (nSPS) is 39.8. The first-order chi connectivity index (χ1) is 7.05. The maximum absolute atomic E-state index is 9.21. The molecule has 2 nitrogen and oxygen atoms in total. The smallest absolute Gasteiger partial charge is 0.0546 e. The fourth-order valence-electron chi connectivity index (χ4n) is 3.07. The van der Waals surface area contributed by atoms with E-state index in [9.17, 15) is 5.11 Å². The molecule has 15 heavy (non-hydrogen) atoms. The van der Waals surface area contributed by atoms with Crippen LogP contribution in [-0.2, 0) is 0 Å². The van der Waals surface area contributed by atoms with E-state index in [1.807, 2.05) is 0 Å². The Balaban J connectivity index is 1.66. The van der Waals surface area contributed by atoms with Crippen LogP contribution in [0.2, 0.25) is 0 Å². The summed E-state index contributed by atoms with van der Waals surface area (Å²) < 4.78 is 0. The van der Waals surface area contributed by atoms with Crippen LogP contribution in [0.3, 0.4) is 0 Å². The summed E-state index contributed by atoms with van der Waals surface area (Å²) in [5.41, 5.74) is 0.537. The third-order valence-electron chi connectivity index (χ3n) is 4.11. The Kier molecular flexibility index (Phi) is 3.36. The zero-order valence-electron chi connectivity index (χ0n) is 10.1. The lowest BCUT2D eigenvalue weighted by molar-refractivity contribution is 0.0398. The Morgan fingerprint density at radius 2 is 2.07 bits per heavy atom. The number of rotatable bonds is 3. The highest BCUT2D eigenvalue weighted by Crippen LogP contribution is 2.35. The summed E-state index contributed by atoms with van der Waals surface area (Å²) in [4.78, 5) is 0. The van der Waals surface area contributed by atoms with Crippen LogP contribution in [0.15, 0.2) is 0 Å². The maximum atomic E-state index is 9.21. The Labute approximate surface area is 93.5 Å². The minimum Gasteiger partial charge on any atom is -0.393 e. The van der Waals surface area contributed by atoms with Gasteiger partial charge < -0.3 is 10.4 Å². The average Bonchev–Trinajstić information content (AvgIpc) is 2.09. The average molecular weight is 211 g/mol. The van der Waals surface area contributed by atoms with Gasteiger partial charge >= 0.3 is 0 Å². The van der Waals surface area contributed by atoms with Crippen LogP contribution in [0.5, 0.6) is 0 Å². The number of aliphatic hydroxyl groups excluding tert-OH is 1. The van der Waals surface area contributed by atoms with Gasteiger partial charge in [-0.05, 0) is 50.0 Å². The molecule has 88 valence electrons. The van der Waals surface area contributed by atoms with E-state index in [0.717, 1.165) is 31.3 Å². The lowest BCUT2D eigenvalue weighted by Gasteiger charge is -2.38. The summed E-state index contributed by atoms with van der Waals surface area (Å²) in [6.07, 6.45) is 7.46. The van der Waals surface area contributed by atoms with Crippen molar-refractivity contribution >= 4 is 0 Å². The fraction of sp³-hybridized carbons (Fsp3) is 1.00. The van der Waals surface area contributed by atoms with E-state index in [1.54, 1.807) is 0 Å². The van der Waals surface area contributed by atoms with E-state index >= 15 is 0 Å². The van der Waals surface area contributed by atoms with Gasteiger partial charge in [-0.1, -0.05) is 20.3 Å². The van der Waals surface area contributed by atoms with E-state index in [1.165, 1.54) is 25.7 Å². The van der Waals surface area contributed by atoms with E-state index in [2.05, 4.69) is 19.2 Å².